The average molecular weight is 439 g/mol. The van der Waals surface area contributed by atoms with Crippen LogP contribution >= 0.6 is 23.6 Å². The minimum Gasteiger partial charge on any atom is -0.361 e. The van der Waals surface area contributed by atoms with E-state index < -0.39 is 6.04 Å². The van der Waals surface area contributed by atoms with Crippen molar-refractivity contribution in [1.82, 2.24) is 14.8 Å². The monoisotopic (exact) mass is 438 g/mol. The third-order valence-corrected chi connectivity index (χ3v) is 6.40. The van der Waals surface area contributed by atoms with Gasteiger partial charge in [-0.1, -0.05) is 18.2 Å². The molecule has 1 atom stereocenters. The molecule has 154 valence electrons. The molecule has 1 saturated heterocycles. The SMILES string of the molecule is C=CCCN1C(=O)C(CC(=O)Nc2ccc3cc[nH]c3c2)N(Cc2cccs2)C1=S. The van der Waals surface area contributed by atoms with Gasteiger partial charge in [-0.3, -0.25) is 14.5 Å². The van der Waals surface area contributed by atoms with Gasteiger partial charge in [-0.15, -0.1) is 17.9 Å². The molecule has 1 aromatic carbocycles. The van der Waals surface area contributed by atoms with Crippen LogP contribution in [0.3, 0.4) is 0 Å². The fourth-order valence-corrected chi connectivity index (χ4v) is 4.66. The number of amides is 2. The molecule has 0 spiro atoms. The van der Waals surface area contributed by atoms with Crippen molar-refractivity contribution in [2.45, 2.75) is 25.4 Å². The van der Waals surface area contributed by atoms with Crippen LogP contribution in [0.15, 0.2) is 60.6 Å². The van der Waals surface area contributed by atoms with E-state index in [0.717, 1.165) is 15.8 Å². The lowest BCUT2D eigenvalue weighted by Crippen LogP contribution is -2.37. The third kappa shape index (κ3) is 4.15. The number of aromatic amines is 1. The zero-order chi connectivity index (χ0) is 21.1. The van der Waals surface area contributed by atoms with Gasteiger partial charge in [-0.25, -0.2) is 0 Å². The van der Waals surface area contributed by atoms with Crippen molar-refractivity contribution >= 4 is 57.1 Å². The predicted octanol–water partition coefficient (Wildman–Crippen LogP) is 4.13. The number of hydrogen-bond donors (Lipinski definition) is 2. The second kappa shape index (κ2) is 8.81. The minimum absolute atomic E-state index is 0.0394. The number of aromatic nitrogens is 1. The van der Waals surface area contributed by atoms with Crippen LogP contribution in [0.2, 0.25) is 0 Å². The number of benzene rings is 1. The summed E-state index contributed by atoms with van der Waals surface area (Å²) in [5, 5.41) is 6.45. The van der Waals surface area contributed by atoms with Gasteiger partial charge >= 0.3 is 0 Å². The number of nitrogens with one attached hydrogen (secondary N) is 2. The Hall–Kier alpha value is -2.97. The minimum atomic E-state index is -0.612. The number of nitrogens with zero attached hydrogens (tertiary/aromatic N) is 2. The van der Waals surface area contributed by atoms with Crippen LogP contribution in [0, 0.1) is 0 Å². The van der Waals surface area contributed by atoms with Crippen molar-refractivity contribution in [2.75, 3.05) is 11.9 Å². The van der Waals surface area contributed by atoms with E-state index in [1.165, 1.54) is 0 Å². The van der Waals surface area contributed by atoms with E-state index in [1.807, 2.05) is 52.9 Å². The molecule has 4 rings (SSSR count). The van der Waals surface area contributed by atoms with Gasteiger partial charge in [0.1, 0.15) is 6.04 Å². The molecule has 2 N–H and O–H groups in total. The summed E-state index contributed by atoms with van der Waals surface area (Å²) in [6.07, 6.45) is 4.30. The first-order valence-corrected chi connectivity index (χ1v) is 11.0. The second-order valence-corrected chi connectivity index (χ2v) is 8.50. The standard InChI is InChI=1S/C22H22N4O2S2/c1-2-3-10-25-21(28)19(26(22(25)29)14-17-5-4-11-30-17)13-20(27)24-16-7-6-15-8-9-23-18(15)12-16/h2,4-9,11-12,19,23H,1,3,10,13-14H2,(H,24,27). The van der Waals surface area contributed by atoms with Crippen molar-refractivity contribution in [3.8, 4) is 0 Å². The molecular formula is C22H22N4O2S2. The van der Waals surface area contributed by atoms with Gasteiger partial charge in [0.15, 0.2) is 5.11 Å². The van der Waals surface area contributed by atoms with E-state index in [-0.39, 0.29) is 18.2 Å². The first-order valence-electron chi connectivity index (χ1n) is 9.69. The molecule has 1 aliphatic rings. The van der Waals surface area contributed by atoms with Crippen molar-refractivity contribution in [3.63, 3.8) is 0 Å². The highest BCUT2D eigenvalue weighted by Gasteiger charge is 2.43. The average Bonchev–Trinajstić information content (AvgIpc) is 3.45. The van der Waals surface area contributed by atoms with Gasteiger partial charge in [0.2, 0.25) is 5.91 Å². The lowest BCUT2D eigenvalue weighted by molar-refractivity contribution is -0.130. The molecule has 1 aliphatic heterocycles. The Morgan fingerprint density at radius 1 is 1.33 bits per heavy atom. The highest BCUT2D eigenvalue weighted by atomic mass is 32.1. The van der Waals surface area contributed by atoms with Gasteiger partial charge < -0.3 is 15.2 Å². The van der Waals surface area contributed by atoms with E-state index in [0.29, 0.717) is 30.3 Å². The first kappa shape index (κ1) is 20.3. The molecule has 1 fully saturated rings. The maximum absolute atomic E-state index is 13.1. The van der Waals surface area contributed by atoms with E-state index in [4.69, 9.17) is 12.2 Å². The van der Waals surface area contributed by atoms with Crippen LogP contribution in [0.5, 0.6) is 0 Å². The van der Waals surface area contributed by atoms with Gasteiger partial charge in [-0.2, -0.15) is 0 Å². The fourth-order valence-electron chi connectivity index (χ4n) is 3.58. The Bertz CT molecular complexity index is 1090. The van der Waals surface area contributed by atoms with Crippen molar-refractivity contribution in [1.29, 1.82) is 0 Å². The molecule has 30 heavy (non-hydrogen) atoms. The predicted molar refractivity (Wildman–Crippen MR) is 124 cm³/mol. The Balaban J connectivity index is 1.50. The number of thiocarbonyl (C=S) groups is 1. The molecule has 0 bridgehead atoms. The molecule has 3 heterocycles. The van der Waals surface area contributed by atoms with Crippen LogP contribution in [0.4, 0.5) is 5.69 Å². The third-order valence-electron chi connectivity index (χ3n) is 5.08. The molecule has 6 nitrogen and oxygen atoms in total. The van der Waals surface area contributed by atoms with E-state index >= 15 is 0 Å². The number of anilines is 1. The summed E-state index contributed by atoms with van der Waals surface area (Å²) in [6.45, 7) is 4.71. The van der Waals surface area contributed by atoms with Gasteiger partial charge in [-0.05, 0) is 53.7 Å². The molecule has 2 amide bonds. The van der Waals surface area contributed by atoms with Crippen molar-refractivity contribution in [3.05, 3.63) is 65.5 Å². The molecule has 3 aromatic rings. The lowest BCUT2D eigenvalue weighted by Gasteiger charge is -2.23. The smallest absolute Gasteiger partial charge is 0.252 e. The largest absolute Gasteiger partial charge is 0.361 e. The lowest BCUT2D eigenvalue weighted by atomic mass is 10.1. The van der Waals surface area contributed by atoms with Gasteiger partial charge in [0.25, 0.3) is 5.91 Å². The molecule has 0 saturated carbocycles. The van der Waals surface area contributed by atoms with E-state index in [9.17, 15) is 9.59 Å². The molecule has 0 radical (unpaired) electrons. The van der Waals surface area contributed by atoms with Crippen molar-refractivity contribution in [2.24, 2.45) is 0 Å². The molecule has 0 aliphatic carbocycles. The summed E-state index contributed by atoms with van der Waals surface area (Å²) >= 11 is 7.20. The molecule has 8 heteroatoms. The summed E-state index contributed by atoms with van der Waals surface area (Å²) in [4.78, 5) is 33.5. The number of carbonyl (C=O) groups is 2. The maximum atomic E-state index is 13.1. The Kier molecular flexibility index (Phi) is 5.96. The summed E-state index contributed by atoms with van der Waals surface area (Å²) in [6, 6.07) is 11.0. The highest BCUT2D eigenvalue weighted by Crippen LogP contribution is 2.26. The number of rotatable bonds is 8. The number of carbonyl (C=O) groups excluding carboxylic acids is 2. The Morgan fingerprint density at radius 2 is 2.20 bits per heavy atom. The highest BCUT2D eigenvalue weighted by molar-refractivity contribution is 7.80. The van der Waals surface area contributed by atoms with Gasteiger partial charge in [0, 0.05) is 28.8 Å². The fraction of sp³-hybridized carbons (Fsp3) is 0.227. The topological polar surface area (TPSA) is 68.4 Å². The number of H-pyrrole nitrogens is 1. The molecular weight excluding hydrogens is 416 g/mol. The second-order valence-electron chi connectivity index (χ2n) is 7.10. The normalized spacial score (nSPS) is 16.5. The maximum Gasteiger partial charge on any atom is 0.252 e. The zero-order valence-corrected chi connectivity index (χ0v) is 18.0. The van der Waals surface area contributed by atoms with Crippen LogP contribution in [0.25, 0.3) is 10.9 Å². The summed E-state index contributed by atoms with van der Waals surface area (Å²) in [5.41, 5.74) is 1.64. The van der Waals surface area contributed by atoms with Crippen LogP contribution in [0.1, 0.15) is 17.7 Å². The number of hydrogen-bond acceptors (Lipinski definition) is 4. The number of fused-ring (bicyclic) bond motifs is 1. The Labute approximate surface area is 184 Å². The zero-order valence-electron chi connectivity index (χ0n) is 16.3. The molecule has 2 aromatic heterocycles. The van der Waals surface area contributed by atoms with E-state index in [2.05, 4.69) is 16.9 Å². The molecule has 1 unspecified atom stereocenters. The quantitative estimate of drug-likeness (QED) is 0.410. The van der Waals surface area contributed by atoms with E-state index in [1.54, 1.807) is 22.3 Å². The van der Waals surface area contributed by atoms with Gasteiger partial charge in [0.05, 0.1) is 13.0 Å². The van der Waals surface area contributed by atoms with Crippen LogP contribution in [-0.2, 0) is 16.1 Å². The summed E-state index contributed by atoms with van der Waals surface area (Å²) in [5.74, 6) is -0.350. The van der Waals surface area contributed by atoms with Crippen LogP contribution < -0.4 is 5.32 Å². The summed E-state index contributed by atoms with van der Waals surface area (Å²) < 4.78 is 0. The van der Waals surface area contributed by atoms with Crippen molar-refractivity contribution < 1.29 is 9.59 Å². The first-order chi connectivity index (χ1) is 14.6. The van der Waals surface area contributed by atoms with Crippen LogP contribution in [-0.4, -0.2) is 44.3 Å². The summed E-state index contributed by atoms with van der Waals surface area (Å²) in [7, 11) is 0. The Morgan fingerprint density at radius 3 is 2.97 bits per heavy atom. The number of thiophene rings is 1.